The Balaban J connectivity index is 1.55. The molecule has 0 saturated heterocycles. The Hall–Kier alpha value is -4.98. The second-order valence-corrected chi connectivity index (χ2v) is 8.44. The van der Waals surface area contributed by atoms with Crippen molar-refractivity contribution in [3.63, 3.8) is 0 Å². The lowest BCUT2D eigenvalue weighted by Gasteiger charge is -2.18. The molecule has 1 atom stereocenters. The van der Waals surface area contributed by atoms with Crippen LogP contribution < -0.4 is 10.7 Å². The molecule has 184 valence electrons. The number of aryl methyl sites for hydroxylation is 1. The van der Waals surface area contributed by atoms with Crippen molar-refractivity contribution in [2.45, 2.75) is 20.0 Å². The average molecular weight is 495 g/mol. The second-order valence-electron chi connectivity index (χ2n) is 8.44. The molecule has 0 spiro atoms. The van der Waals surface area contributed by atoms with Gasteiger partial charge in [0.1, 0.15) is 17.1 Å². The predicted molar refractivity (Wildman–Crippen MR) is 137 cm³/mol. The van der Waals surface area contributed by atoms with Crippen molar-refractivity contribution in [2.75, 3.05) is 5.32 Å². The van der Waals surface area contributed by atoms with Crippen LogP contribution in [0.5, 0.6) is 0 Å². The number of carbonyl (C=O) groups excluding carboxylic acids is 2. The van der Waals surface area contributed by atoms with Gasteiger partial charge < -0.3 is 19.0 Å². The summed E-state index contributed by atoms with van der Waals surface area (Å²) in [4.78, 5) is 39.8. The topological polar surface area (TPSA) is 112 Å². The third kappa shape index (κ3) is 4.77. The van der Waals surface area contributed by atoms with Gasteiger partial charge in [0.05, 0.1) is 5.39 Å². The fourth-order valence-electron chi connectivity index (χ4n) is 4.02. The van der Waals surface area contributed by atoms with E-state index in [0.717, 1.165) is 0 Å². The second kappa shape index (κ2) is 9.94. The maximum atomic E-state index is 13.4. The lowest BCUT2D eigenvalue weighted by molar-refractivity contribution is -0.125. The van der Waals surface area contributed by atoms with E-state index in [1.807, 2.05) is 30.3 Å². The SMILES string of the molecule is Cc1cc(NC(=O)C(OC(=O)c2cccc3c(=O)c(C)c(-c4ccccc4)oc23)c2ccccc2)no1. The normalized spacial score (nSPS) is 11.7. The Labute approximate surface area is 211 Å². The third-order valence-electron chi connectivity index (χ3n) is 5.85. The minimum atomic E-state index is -1.30. The monoisotopic (exact) mass is 494 g/mol. The fourth-order valence-corrected chi connectivity index (χ4v) is 4.02. The molecule has 5 aromatic rings. The number of benzene rings is 3. The van der Waals surface area contributed by atoms with E-state index >= 15 is 0 Å². The molecular weight excluding hydrogens is 472 g/mol. The van der Waals surface area contributed by atoms with Gasteiger partial charge in [0.15, 0.2) is 16.8 Å². The van der Waals surface area contributed by atoms with Gasteiger partial charge in [-0.15, -0.1) is 0 Å². The number of aromatic nitrogens is 1. The quantitative estimate of drug-likeness (QED) is 0.306. The van der Waals surface area contributed by atoms with Crippen LogP contribution in [0, 0.1) is 13.8 Å². The van der Waals surface area contributed by atoms with Crippen molar-refractivity contribution in [3.05, 3.63) is 118 Å². The number of nitrogens with one attached hydrogen (secondary N) is 1. The number of hydrogen-bond donors (Lipinski definition) is 1. The summed E-state index contributed by atoms with van der Waals surface area (Å²) in [6.07, 6.45) is -1.30. The van der Waals surface area contributed by atoms with Gasteiger partial charge >= 0.3 is 5.97 Å². The van der Waals surface area contributed by atoms with Gasteiger partial charge in [0, 0.05) is 22.8 Å². The highest BCUT2D eigenvalue weighted by atomic mass is 16.5. The zero-order valence-electron chi connectivity index (χ0n) is 20.1. The number of rotatable bonds is 6. The van der Waals surface area contributed by atoms with Gasteiger partial charge in [-0.05, 0) is 26.0 Å². The number of ether oxygens (including phenoxy) is 1. The first-order valence-corrected chi connectivity index (χ1v) is 11.5. The largest absolute Gasteiger partial charge is 0.455 e. The smallest absolute Gasteiger partial charge is 0.343 e. The summed E-state index contributed by atoms with van der Waals surface area (Å²) in [5.74, 6) is -0.373. The lowest BCUT2D eigenvalue weighted by Crippen LogP contribution is -2.26. The van der Waals surface area contributed by atoms with Crippen LogP contribution >= 0.6 is 0 Å². The number of hydrogen-bond acceptors (Lipinski definition) is 7. The Bertz CT molecular complexity index is 1650. The highest BCUT2D eigenvalue weighted by molar-refractivity contribution is 6.04. The molecule has 0 radical (unpaired) electrons. The molecular formula is C29H22N2O6. The minimum absolute atomic E-state index is 0.0257. The van der Waals surface area contributed by atoms with E-state index in [1.54, 1.807) is 62.4 Å². The maximum Gasteiger partial charge on any atom is 0.343 e. The molecule has 3 aromatic carbocycles. The number of esters is 1. The minimum Gasteiger partial charge on any atom is -0.455 e. The van der Waals surface area contributed by atoms with Crippen molar-refractivity contribution in [2.24, 2.45) is 0 Å². The molecule has 5 rings (SSSR count). The summed E-state index contributed by atoms with van der Waals surface area (Å²) >= 11 is 0. The van der Waals surface area contributed by atoms with Crippen LogP contribution in [0.15, 0.2) is 98.7 Å². The molecule has 0 aliphatic rings. The summed E-state index contributed by atoms with van der Waals surface area (Å²) in [6.45, 7) is 3.37. The third-order valence-corrected chi connectivity index (χ3v) is 5.85. The van der Waals surface area contributed by atoms with Crippen LogP contribution in [0.3, 0.4) is 0 Å². The van der Waals surface area contributed by atoms with Crippen LogP contribution in [-0.2, 0) is 9.53 Å². The van der Waals surface area contributed by atoms with Gasteiger partial charge in [0.25, 0.3) is 5.91 Å². The standard InChI is InChI=1S/C29H22N2O6/c1-17-16-23(31-37-17)30-28(33)26(20-12-7-4-8-13-20)36-29(34)22-15-9-14-21-24(32)18(2)25(35-27(21)22)19-10-5-3-6-11-19/h3-16,26H,1-2H3,(H,30,31,33). The predicted octanol–water partition coefficient (Wildman–Crippen LogP) is 5.60. The van der Waals surface area contributed by atoms with Crippen molar-refractivity contribution in [1.29, 1.82) is 0 Å². The van der Waals surface area contributed by atoms with E-state index in [9.17, 15) is 14.4 Å². The number of amides is 1. The van der Waals surface area contributed by atoms with E-state index < -0.39 is 18.0 Å². The van der Waals surface area contributed by atoms with E-state index in [1.165, 1.54) is 6.07 Å². The lowest BCUT2D eigenvalue weighted by atomic mass is 10.0. The van der Waals surface area contributed by atoms with Crippen LogP contribution in [-0.4, -0.2) is 17.0 Å². The summed E-state index contributed by atoms with van der Waals surface area (Å²) < 4.78 is 16.9. The van der Waals surface area contributed by atoms with Crippen molar-refractivity contribution in [1.82, 2.24) is 5.16 Å². The molecule has 0 saturated carbocycles. The van der Waals surface area contributed by atoms with Gasteiger partial charge in [-0.2, -0.15) is 0 Å². The van der Waals surface area contributed by atoms with Crippen molar-refractivity contribution < 1.29 is 23.3 Å². The number of para-hydroxylation sites is 1. The first-order valence-electron chi connectivity index (χ1n) is 11.5. The van der Waals surface area contributed by atoms with Gasteiger partial charge in [-0.3, -0.25) is 9.59 Å². The molecule has 0 aliphatic heterocycles. The highest BCUT2D eigenvalue weighted by Gasteiger charge is 2.28. The molecule has 2 aromatic heterocycles. The Kier molecular flexibility index (Phi) is 6.38. The van der Waals surface area contributed by atoms with Crippen molar-refractivity contribution in [3.8, 4) is 11.3 Å². The van der Waals surface area contributed by atoms with Crippen LogP contribution in [0.1, 0.15) is 33.3 Å². The van der Waals surface area contributed by atoms with Crippen LogP contribution in [0.25, 0.3) is 22.3 Å². The molecule has 0 bridgehead atoms. The average Bonchev–Trinajstić information content (AvgIpc) is 3.33. The Morgan fingerprint density at radius 1 is 0.919 bits per heavy atom. The molecule has 0 aliphatic carbocycles. The zero-order chi connectivity index (χ0) is 25.9. The molecule has 2 heterocycles. The first-order chi connectivity index (χ1) is 17.9. The maximum absolute atomic E-state index is 13.4. The van der Waals surface area contributed by atoms with E-state index in [2.05, 4.69) is 10.5 Å². The molecule has 1 unspecified atom stereocenters. The number of nitrogens with zero attached hydrogens (tertiary/aromatic N) is 1. The van der Waals surface area contributed by atoms with Crippen LogP contribution in [0.4, 0.5) is 5.82 Å². The molecule has 37 heavy (non-hydrogen) atoms. The van der Waals surface area contributed by atoms with Crippen LogP contribution in [0.2, 0.25) is 0 Å². The van der Waals surface area contributed by atoms with E-state index in [0.29, 0.717) is 28.2 Å². The van der Waals surface area contributed by atoms with Gasteiger partial charge in [-0.25, -0.2) is 4.79 Å². The Morgan fingerprint density at radius 3 is 2.30 bits per heavy atom. The van der Waals surface area contributed by atoms with Gasteiger partial charge in [-0.1, -0.05) is 71.9 Å². The summed E-state index contributed by atoms with van der Waals surface area (Å²) in [5.41, 5.74) is 1.43. The van der Waals surface area contributed by atoms with Gasteiger partial charge in [0.2, 0.25) is 6.10 Å². The summed E-state index contributed by atoms with van der Waals surface area (Å²) in [5, 5.41) is 6.62. The summed E-state index contributed by atoms with van der Waals surface area (Å²) in [6, 6.07) is 24.0. The highest BCUT2D eigenvalue weighted by Crippen LogP contribution is 2.29. The van der Waals surface area contributed by atoms with E-state index in [4.69, 9.17) is 13.7 Å². The molecule has 8 nitrogen and oxygen atoms in total. The van der Waals surface area contributed by atoms with Crippen molar-refractivity contribution >= 4 is 28.7 Å². The first kappa shape index (κ1) is 23.7. The Morgan fingerprint density at radius 2 is 1.62 bits per heavy atom. The molecule has 1 amide bonds. The number of fused-ring (bicyclic) bond motifs is 1. The molecule has 8 heteroatoms. The molecule has 1 N–H and O–H groups in total. The summed E-state index contributed by atoms with van der Waals surface area (Å²) in [7, 11) is 0. The zero-order valence-corrected chi connectivity index (χ0v) is 20.1. The number of carbonyl (C=O) groups is 2. The number of anilines is 1. The van der Waals surface area contributed by atoms with E-state index in [-0.39, 0.29) is 27.8 Å². The molecule has 0 fully saturated rings. The fraction of sp³-hybridized carbons (Fsp3) is 0.103.